The topological polar surface area (TPSA) is 56.7 Å². The molecule has 0 aliphatic rings. The number of hydrogen-bond donors (Lipinski definition) is 1. The Bertz CT molecular complexity index is 420. The molecule has 2 aromatic rings. The van der Waals surface area contributed by atoms with E-state index in [9.17, 15) is 0 Å². The Balaban J connectivity index is 2.27. The number of hydrogen-bond acceptors (Lipinski definition) is 3. The van der Waals surface area contributed by atoms with Crippen molar-refractivity contribution in [3.05, 3.63) is 42.2 Å². The van der Waals surface area contributed by atoms with E-state index in [1.54, 1.807) is 17.2 Å². The Kier molecular flexibility index (Phi) is 2.78. The smallest absolute Gasteiger partial charge is 0.0859 e. The first kappa shape index (κ1) is 9.86. The van der Waals surface area contributed by atoms with Crippen LogP contribution in [0, 0.1) is 0 Å². The number of aromatic nitrogens is 3. The second kappa shape index (κ2) is 4.23. The van der Waals surface area contributed by atoms with Crippen LogP contribution in [-0.2, 0) is 6.42 Å². The Morgan fingerprint density at radius 2 is 2.07 bits per heavy atom. The maximum absolute atomic E-state index is 5.76. The quantitative estimate of drug-likeness (QED) is 0.812. The minimum atomic E-state index is 0.172. The molecule has 4 heteroatoms. The van der Waals surface area contributed by atoms with Crippen LogP contribution in [0.1, 0.15) is 12.5 Å². The summed E-state index contributed by atoms with van der Waals surface area (Å²) in [7, 11) is 0. The van der Waals surface area contributed by atoms with E-state index < -0.39 is 0 Å². The number of nitrogens with zero attached hydrogens (tertiary/aromatic N) is 3. The van der Waals surface area contributed by atoms with Gasteiger partial charge >= 0.3 is 0 Å². The molecule has 2 rings (SSSR count). The van der Waals surface area contributed by atoms with Crippen molar-refractivity contribution < 1.29 is 0 Å². The van der Waals surface area contributed by atoms with Gasteiger partial charge in [0.1, 0.15) is 0 Å². The molecule has 1 aromatic heterocycles. The van der Waals surface area contributed by atoms with Crippen molar-refractivity contribution in [2.24, 2.45) is 5.73 Å². The van der Waals surface area contributed by atoms with Crippen LogP contribution in [0.5, 0.6) is 0 Å². The summed E-state index contributed by atoms with van der Waals surface area (Å²) in [4.78, 5) is 1.60. The third kappa shape index (κ3) is 2.41. The van der Waals surface area contributed by atoms with Gasteiger partial charge in [0, 0.05) is 6.04 Å². The number of benzene rings is 1. The van der Waals surface area contributed by atoms with E-state index in [0.29, 0.717) is 0 Å². The van der Waals surface area contributed by atoms with Crippen molar-refractivity contribution >= 4 is 0 Å². The average molecular weight is 202 g/mol. The van der Waals surface area contributed by atoms with Crippen LogP contribution in [0.25, 0.3) is 5.69 Å². The molecule has 0 fully saturated rings. The second-order valence-electron chi connectivity index (χ2n) is 3.67. The third-order valence-corrected chi connectivity index (χ3v) is 2.12. The molecule has 0 amide bonds. The van der Waals surface area contributed by atoms with Crippen LogP contribution in [0.15, 0.2) is 36.7 Å². The lowest BCUT2D eigenvalue weighted by Crippen LogP contribution is -2.17. The summed E-state index contributed by atoms with van der Waals surface area (Å²) in [5.41, 5.74) is 7.93. The predicted octanol–water partition coefficient (Wildman–Crippen LogP) is 1.16. The SMILES string of the molecule is CC(N)Cc1cccc(-n2nccn2)c1. The van der Waals surface area contributed by atoms with Crippen molar-refractivity contribution in [2.45, 2.75) is 19.4 Å². The lowest BCUT2D eigenvalue weighted by Gasteiger charge is -2.06. The maximum atomic E-state index is 5.76. The summed E-state index contributed by atoms with van der Waals surface area (Å²) >= 11 is 0. The summed E-state index contributed by atoms with van der Waals surface area (Å²) in [6, 6.07) is 8.27. The van der Waals surface area contributed by atoms with Gasteiger partial charge in [-0.05, 0) is 31.0 Å². The molecule has 15 heavy (non-hydrogen) atoms. The molecule has 0 spiro atoms. The normalized spacial score (nSPS) is 12.7. The van der Waals surface area contributed by atoms with Crippen molar-refractivity contribution in [1.82, 2.24) is 15.0 Å². The summed E-state index contributed by atoms with van der Waals surface area (Å²) in [6.45, 7) is 2.00. The monoisotopic (exact) mass is 202 g/mol. The molecule has 1 heterocycles. The summed E-state index contributed by atoms with van der Waals surface area (Å²) in [5.74, 6) is 0. The van der Waals surface area contributed by atoms with Gasteiger partial charge in [-0.1, -0.05) is 12.1 Å². The molecule has 4 nitrogen and oxygen atoms in total. The molecule has 78 valence electrons. The summed E-state index contributed by atoms with van der Waals surface area (Å²) in [5, 5.41) is 8.16. The zero-order valence-corrected chi connectivity index (χ0v) is 8.67. The Hall–Kier alpha value is -1.68. The molecule has 0 aliphatic carbocycles. The van der Waals surface area contributed by atoms with Crippen molar-refractivity contribution in [3.63, 3.8) is 0 Å². The molecule has 0 radical (unpaired) electrons. The highest BCUT2D eigenvalue weighted by Gasteiger charge is 2.01. The highest BCUT2D eigenvalue weighted by molar-refractivity contribution is 5.34. The van der Waals surface area contributed by atoms with Gasteiger partial charge in [-0.2, -0.15) is 15.0 Å². The van der Waals surface area contributed by atoms with E-state index in [1.165, 1.54) is 5.56 Å². The van der Waals surface area contributed by atoms with Gasteiger partial charge < -0.3 is 5.73 Å². The summed E-state index contributed by atoms with van der Waals surface area (Å²) < 4.78 is 0. The first-order valence-electron chi connectivity index (χ1n) is 4.97. The van der Waals surface area contributed by atoms with E-state index in [4.69, 9.17) is 5.73 Å². The van der Waals surface area contributed by atoms with E-state index >= 15 is 0 Å². The van der Waals surface area contributed by atoms with Crippen LogP contribution in [0.3, 0.4) is 0 Å². The fraction of sp³-hybridized carbons (Fsp3) is 0.273. The van der Waals surface area contributed by atoms with Gasteiger partial charge in [0.05, 0.1) is 18.1 Å². The average Bonchev–Trinajstić information content (AvgIpc) is 2.69. The highest BCUT2D eigenvalue weighted by Crippen LogP contribution is 2.09. The maximum Gasteiger partial charge on any atom is 0.0859 e. The molecule has 1 atom stereocenters. The standard InChI is InChI=1S/C11H14N4/c1-9(12)7-10-3-2-4-11(8-10)15-13-5-6-14-15/h2-6,8-9H,7,12H2,1H3. The number of rotatable bonds is 3. The molecule has 0 aliphatic heterocycles. The Morgan fingerprint density at radius 3 is 2.73 bits per heavy atom. The molecule has 0 saturated carbocycles. The van der Waals surface area contributed by atoms with Crippen molar-refractivity contribution in [1.29, 1.82) is 0 Å². The molecule has 1 aromatic carbocycles. The molecule has 0 bridgehead atoms. The van der Waals surface area contributed by atoms with E-state index in [2.05, 4.69) is 22.3 Å². The zero-order chi connectivity index (χ0) is 10.7. The predicted molar refractivity (Wildman–Crippen MR) is 58.7 cm³/mol. The minimum Gasteiger partial charge on any atom is -0.328 e. The molecule has 1 unspecified atom stereocenters. The second-order valence-corrected chi connectivity index (χ2v) is 3.67. The first-order valence-corrected chi connectivity index (χ1v) is 4.97. The largest absolute Gasteiger partial charge is 0.328 e. The molecular weight excluding hydrogens is 188 g/mol. The van der Waals surface area contributed by atoms with Gasteiger partial charge in [0.15, 0.2) is 0 Å². The van der Waals surface area contributed by atoms with E-state index in [1.807, 2.05) is 19.1 Å². The number of nitrogens with two attached hydrogens (primary N) is 1. The lowest BCUT2D eigenvalue weighted by molar-refractivity contribution is 0.727. The fourth-order valence-corrected chi connectivity index (χ4v) is 1.53. The van der Waals surface area contributed by atoms with Crippen LogP contribution < -0.4 is 5.73 Å². The first-order chi connectivity index (χ1) is 7.25. The van der Waals surface area contributed by atoms with Gasteiger partial charge in [0.2, 0.25) is 0 Å². The Morgan fingerprint density at radius 1 is 1.33 bits per heavy atom. The van der Waals surface area contributed by atoms with Crippen LogP contribution >= 0.6 is 0 Å². The molecule has 0 saturated heterocycles. The molecular formula is C11H14N4. The van der Waals surface area contributed by atoms with Crippen molar-refractivity contribution in [3.8, 4) is 5.69 Å². The van der Waals surface area contributed by atoms with Crippen LogP contribution in [0.4, 0.5) is 0 Å². The van der Waals surface area contributed by atoms with E-state index in [0.717, 1.165) is 12.1 Å². The van der Waals surface area contributed by atoms with E-state index in [-0.39, 0.29) is 6.04 Å². The third-order valence-electron chi connectivity index (χ3n) is 2.12. The highest BCUT2D eigenvalue weighted by atomic mass is 15.5. The van der Waals surface area contributed by atoms with Crippen LogP contribution in [-0.4, -0.2) is 21.0 Å². The lowest BCUT2D eigenvalue weighted by atomic mass is 10.1. The van der Waals surface area contributed by atoms with Crippen molar-refractivity contribution in [2.75, 3.05) is 0 Å². The van der Waals surface area contributed by atoms with Gasteiger partial charge in [0.25, 0.3) is 0 Å². The van der Waals surface area contributed by atoms with Gasteiger partial charge in [-0.25, -0.2) is 0 Å². The molecule has 2 N–H and O–H groups in total. The zero-order valence-electron chi connectivity index (χ0n) is 8.67. The fourth-order valence-electron chi connectivity index (χ4n) is 1.53. The van der Waals surface area contributed by atoms with Gasteiger partial charge in [-0.3, -0.25) is 0 Å². The summed E-state index contributed by atoms with van der Waals surface area (Å²) in [6.07, 6.45) is 4.20. The minimum absolute atomic E-state index is 0.172. The van der Waals surface area contributed by atoms with Crippen LogP contribution in [0.2, 0.25) is 0 Å². The van der Waals surface area contributed by atoms with Gasteiger partial charge in [-0.15, -0.1) is 0 Å². The Labute approximate surface area is 88.7 Å².